The van der Waals surface area contributed by atoms with Crippen molar-refractivity contribution in [2.75, 3.05) is 51.3 Å². The highest BCUT2D eigenvalue weighted by Crippen LogP contribution is 2.50. The van der Waals surface area contributed by atoms with Crippen LogP contribution < -0.4 is 15.8 Å². The molecule has 1 saturated heterocycles. The van der Waals surface area contributed by atoms with Gasteiger partial charge >= 0.3 is 0 Å². The van der Waals surface area contributed by atoms with E-state index in [0.717, 1.165) is 45.0 Å². The highest BCUT2D eigenvalue weighted by molar-refractivity contribution is 6.33. The first-order valence-corrected chi connectivity index (χ1v) is 12.0. The second-order valence-electron chi connectivity index (χ2n) is 9.66. The van der Waals surface area contributed by atoms with Crippen molar-refractivity contribution in [1.29, 1.82) is 5.41 Å². The van der Waals surface area contributed by atoms with E-state index in [1.807, 2.05) is 37.3 Å². The van der Waals surface area contributed by atoms with Gasteiger partial charge in [-0.3, -0.25) is 4.79 Å². The molecule has 2 aromatic carbocycles. The zero-order valence-corrected chi connectivity index (χ0v) is 20.7. The molecule has 1 aliphatic carbocycles. The summed E-state index contributed by atoms with van der Waals surface area (Å²) in [5.41, 5.74) is 8.23. The van der Waals surface area contributed by atoms with Crippen molar-refractivity contribution in [3.63, 3.8) is 0 Å². The van der Waals surface area contributed by atoms with Crippen LogP contribution in [0.15, 0.2) is 30.5 Å². The second-order valence-corrected chi connectivity index (χ2v) is 10.1. The van der Waals surface area contributed by atoms with Crippen molar-refractivity contribution in [3.05, 3.63) is 58.0 Å². The minimum Gasteiger partial charge on any atom is -0.490 e. The van der Waals surface area contributed by atoms with Gasteiger partial charge in [0.15, 0.2) is 6.29 Å². The van der Waals surface area contributed by atoms with E-state index >= 15 is 0 Å². The molecule has 1 saturated carbocycles. The third kappa shape index (κ3) is 5.44. The van der Waals surface area contributed by atoms with Crippen LogP contribution in [0.25, 0.3) is 6.08 Å². The van der Waals surface area contributed by atoms with Crippen molar-refractivity contribution in [1.82, 2.24) is 9.80 Å². The average molecular weight is 500 g/mol. The van der Waals surface area contributed by atoms with E-state index in [4.69, 9.17) is 27.5 Å². The van der Waals surface area contributed by atoms with E-state index in [1.54, 1.807) is 12.1 Å². The van der Waals surface area contributed by atoms with Crippen LogP contribution in [0, 0.1) is 16.6 Å². The third-order valence-electron chi connectivity index (χ3n) is 6.66. The van der Waals surface area contributed by atoms with Gasteiger partial charge in [0.2, 0.25) is 0 Å². The van der Waals surface area contributed by atoms with Crippen molar-refractivity contribution in [2.45, 2.75) is 18.9 Å². The molecule has 7 nitrogen and oxygen atoms in total. The lowest BCUT2D eigenvalue weighted by Gasteiger charge is -2.58. The molecule has 1 heterocycles. The molecule has 4 N–H and O–H groups in total. The van der Waals surface area contributed by atoms with Crippen molar-refractivity contribution >= 4 is 41.6 Å². The molecule has 1 aliphatic heterocycles. The minimum absolute atomic E-state index is 0.103. The number of nitrogens with one attached hydrogen (secondary N) is 2. The number of ether oxygens (including phenoxy) is 1. The Morgan fingerprint density at radius 2 is 2.06 bits per heavy atom. The van der Waals surface area contributed by atoms with Gasteiger partial charge in [-0.25, -0.2) is 4.39 Å². The number of carbonyl (C=O) groups excluding carboxylic acids is 1. The molecule has 0 unspecified atom stereocenters. The summed E-state index contributed by atoms with van der Waals surface area (Å²) in [4.78, 5) is 15.9. The number of carbonyl (C=O) groups is 1. The van der Waals surface area contributed by atoms with Gasteiger partial charge in [0, 0.05) is 74.3 Å². The topological polar surface area (TPSA) is 94.7 Å². The number of hydrogen-bond acceptors (Lipinski definition) is 7. The van der Waals surface area contributed by atoms with Gasteiger partial charge in [0.05, 0.1) is 16.8 Å². The zero-order chi connectivity index (χ0) is 25.2. The summed E-state index contributed by atoms with van der Waals surface area (Å²) < 4.78 is 20.4. The number of nitrogens with two attached hydrogens (primary N) is 1. The lowest BCUT2D eigenvalue weighted by Crippen LogP contribution is -2.65. The van der Waals surface area contributed by atoms with Crippen LogP contribution in [0.5, 0.6) is 5.75 Å². The smallest absolute Gasteiger partial charge is 0.152 e. The largest absolute Gasteiger partial charge is 0.490 e. The quantitative estimate of drug-likeness (QED) is 0.255. The fraction of sp³-hybridized carbons (Fsp3) is 0.385. The Morgan fingerprint density at radius 1 is 1.31 bits per heavy atom. The van der Waals surface area contributed by atoms with Gasteiger partial charge in [-0.2, -0.15) is 0 Å². The Kier molecular flexibility index (Phi) is 7.33. The summed E-state index contributed by atoms with van der Waals surface area (Å²) in [6.45, 7) is 3.38. The number of anilines is 2. The molecule has 4 rings (SSSR count). The number of hydrogen-bond donors (Lipinski definition) is 3. The van der Waals surface area contributed by atoms with Crippen LogP contribution >= 0.6 is 11.6 Å². The predicted molar refractivity (Wildman–Crippen MR) is 139 cm³/mol. The van der Waals surface area contributed by atoms with E-state index in [9.17, 15) is 9.18 Å². The first-order valence-electron chi connectivity index (χ1n) is 11.6. The maximum absolute atomic E-state index is 14.1. The van der Waals surface area contributed by atoms with E-state index in [2.05, 4.69) is 10.2 Å². The van der Waals surface area contributed by atoms with Crippen LogP contribution in [-0.2, 0) is 0 Å². The number of nitrogen functional groups attached to an aromatic ring is 1. The first kappa shape index (κ1) is 25.0. The van der Waals surface area contributed by atoms with Crippen LogP contribution in [0.2, 0.25) is 5.02 Å². The summed E-state index contributed by atoms with van der Waals surface area (Å²) >= 11 is 6.22. The van der Waals surface area contributed by atoms with Gasteiger partial charge in [-0.05, 0) is 49.4 Å². The molecular formula is C26H31ClFN5O2. The normalized spacial score (nSPS) is 17.1. The number of nitrogens with zero attached hydrogens (tertiary/aromatic N) is 2. The van der Waals surface area contributed by atoms with Crippen LogP contribution in [-0.4, -0.2) is 68.7 Å². The summed E-state index contributed by atoms with van der Waals surface area (Å²) in [6.07, 6.45) is 7.64. The summed E-state index contributed by atoms with van der Waals surface area (Å²) in [6, 6.07) is 6.35. The lowest BCUT2D eigenvalue weighted by atomic mass is 9.61. The minimum atomic E-state index is -0.410. The van der Waals surface area contributed by atoms with E-state index in [0.29, 0.717) is 39.7 Å². The SMILES string of the molecule is CN(C)/C=C\c1c(OC2CC3(C2)CN(CCNc2cc(C=N)c(N)cc2F)C3)ccc(Cl)c1C=O. The Hall–Kier alpha value is -3.10. The maximum Gasteiger partial charge on any atom is 0.152 e. The fourth-order valence-electron chi connectivity index (χ4n) is 4.91. The second kappa shape index (κ2) is 10.3. The summed E-state index contributed by atoms with van der Waals surface area (Å²) in [5, 5.41) is 10.9. The number of rotatable bonds is 10. The fourth-order valence-corrected chi connectivity index (χ4v) is 5.12. The highest BCUT2D eigenvalue weighted by atomic mass is 35.5. The Morgan fingerprint density at radius 3 is 2.71 bits per heavy atom. The van der Waals surface area contributed by atoms with Gasteiger partial charge in [-0.15, -0.1) is 0 Å². The lowest BCUT2D eigenvalue weighted by molar-refractivity contribution is -0.117. The molecule has 9 heteroatoms. The van der Waals surface area contributed by atoms with E-state index in [1.165, 1.54) is 6.07 Å². The molecule has 35 heavy (non-hydrogen) atoms. The number of likely N-dealkylation sites (tertiary alicyclic amines) is 1. The molecule has 0 amide bonds. The van der Waals surface area contributed by atoms with Gasteiger partial charge in [0.1, 0.15) is 11.6 Å². The molecule has 0 atom stereocenters. The predicted octanol–water partition coefficient (Wildman–Crippen LogP) is 4.36. The molecule has 2 aliphatic rings. The zero-order valence-electron chi connectivity index (χ0n) is 20.0. The Balaban J connectivity index is 1.27. The molecule has 1 spiro atoms. The monoisotopic (exact) mass is 499 g/mol. The molecule has 0 bridgehead atoms. The van der Waals surface area contributed by atoms with Crippen molar-refractivity contribution in [3.8, 4) is 5.75 Å². The Labute approximate surface area is 210 Å². The molecule has 2 aromatic rings. The molecule has 186 valence electrons. The van der Waals surface area contributed by atoms with E-state index in [-0.39, 0.29) is 17.2 Å². The molecule has 2 fully saturated rings. The highest BCUT2D eigenvalue weighted by Gasteiger charge is 2.53. The van der Waals surface area contributed by atoms with E-state index < -0.39 is 5.82 Å². The molecule has 0 aromatic heterocycles. The summed E-state index contributed by atoms with van der Waals surface area (Å²) in [5.74, 6) is 0.261. The van der Waals surface area contributed by atoms with Crippen LogP contribution in [0.4, 0.5) is 15.8 Å². The molecular weight excluding hydrogens is 469 g/mol. The number of aldehydes is 1. The third-order valence-corrected chi connectivity index (χ3v) is 6.99. The summed E-state index contributed by atoms with van der Waals surface area (Å²) in [7, 11) is 3.82. The number of halogens is 2. The van der Waals surface area contributed by atoms with Gasteiger partial charge in [-0.1, -0.05) is 11.6 Å². The standard InChI is InChI=1S/C26H31ClFN5O2/c1-32(2)7-5-19-20(14-34)21(27)3-4-25(19)35-18-11-26(12-18)15-33(16-26)8-6-31-24-9-17(13-29)23(30)10-22(24)28/h3-5,7,9-10,13-14,18,29,31H,6,8,11-12,15-16,30H2,1-2H3/b7-5-,29-13?. The number of benzene rings is 2. The van der Waals surface area contributed by atoms with Gasteiger partial charge < -0.3 is 31.0 Å². The van der Waals surface area contributed by atoms with Crippen LogP contribution in [0.3, 0.4) is 0 Å². The van der Waals surface area contributed by atoms with Crippen molar-refractivity contribution in [2.24, 2.45) is 5.41 Å². The molecule has 0 radical (unpaired) electrons. The van der Waals surface area contributed by atoms with Crippen molar-refractivity contribution < 1.29 is 13.9 Å². The Bertz CT molecular complexity index is 1140. The van der Waals surface area contributed by atoms with Gasteiger partial charge in [0.25, 0.3) is 0 Å². The average Bonchev–Trinajstić information content (AvgIpc) is 2.76. The maximum atomic E-state index is 14.1. The first-order chi connectivity index (χ1) is 16.7. The van der Waals surface area contributed by atoms with Crippen LogP contribution in [0.1, 0.15) is 34.3 Å².